The molecule has 0 aromatic carbocycles. The van der Waals surface area contributed by atoms with E-state index in [1.807, 2.05) is 0 Å². The van der Waals surface area contributed by atoms with Crippen molar-refractivity contribution in [1.29, 1.82) is 0 Å². The summed E-state index contributed by atoms with van der Waals surface area (Å²) in [7, 11) is 0. The lowest BCUT2D eigenvalue weighted by molar-refractivity contribution is 0.727. The van der Waals surface area contributed by atoms with Gasteiger partial charge < -0.3 is 5.73 Å². The summed E-state index contributed by atoms with van der Waals surface area (Å²) in [5, 5.41) is 0. The van der Waals surface area contributed by atoms with Crippen LogP contribution in [0.25, 0.3) is 0 Å². The minimum Gasteiger partial charge on any atom is -0.327 e. The van der Waals surface area contributed by atoms with Crippen molar-refractivity contribution in [2.75, 3.05) is 5.75 Å². The minimum absolute atomic E-state index is 0.299. The molecule has 1 nitrogen and oxygen atoms in total. The molecule has 2 N–H and O–H groups in total. The number of thiol groups is 1. The SMILES string of the molecule is CCC(N)CS. The van der Waals surface area contributed by atoms with Crippen LogP contribution in [0.4, 0.5) is 0 Å². The molecule has 0 saturated heterocycles. The molecule has 0 aromatic heterocycles. The Labute approximate surface area is 44.3 Å². The zero-order valence-electron chi connectivity index (χ0n) is 4.02. The summed E-state index contributed by atoms with van der Waals surface area (Å²) >= 11 is 3.97. The van der Waals surface area contributed by atoms with Gasteiger partial charge in [0.15, 0.2) is 0 Å². The van der Waals surface area contributed by atoms with Gasteiger partial charge in [-0.2, -0.15) is 12.6 Å². The van der Waals surface area contributed by atoms with E-state index in [4.69, 9.17) is 5.73 Å². The predicted octanol–water partition coefficient (Wildman–Crippen LogP) is 0.653. The van der Waals surface area contributed by atoms with E-state index in [0.29, 0.717) is 6.04 Å². The predicted molar refractivity (Wildman–Crippen MR) is 32.1 cm³/mol. The fourth-order valence-corrected chi connectivity index (χ4v) is 0.387. The molecule has 0 aliphatic carbocycles. The zero-order chi connectivity index (χ0) is 4.99. The molecule has 0 aliphatic rings. The molecule has 0 spiro atoms. The molecule has 0 rings (SSSR count). The van der Waals surface area contributed by atoms with Gasteiger partial charge in [0.1, 0.15) is 0 Å². The molecule has 1 unspecified atom stereocenters. The maximum atomic E-state index is 5.40. The first-order valence-corrected chi connectivity index (χ1v) is 2.81. The average Bonchev–Trinajstić information content (AvgIpc) is 1.65. The second kappa shape index (κ2) is 3.50. The molecule has 0 saturated carbocycles. The lowest BCUT2D eigenvalue weighted by Gasteiger charge is -1.99. The van der Waals surface area contributed by atoms with Crippen LogP contribution in [0.5, 0.6) is 0 Å². The van der Waals surface area contributed by atoms with Gasteiger partial charge in [-0.1, -0.05) is 6.92 Å². The first kappa shape index (κ1) is 6.31. The van der Waals surface area contributed by atoms with Gasteiger partial charge in [-0.3, -0.25) is 0 Å². The molecule has 0 aromatic rings. The maximum absolute atomic E-state index is 5.40. The average molecular weight is 105 g/mol. The van der Waals surface area contributed by atoms with Gasteiger partial charge >= 0.3 is 0 Å². The third-order valence-corrected chi connectivity index (χ3v) is 1.23. The molecule has 6 heavy (non-hydrogen) atoms. The fourth-order valence-electron chi connectivity index (χ4n) is 0.129. The number of hydrogen-bond donors (Lipinski definition) is 2. The van der Waals surface area contributed by atoms with Crippen LogP contribution in [0.1, 0.15) is 13.3 Å². The zero-order valence-corrected chi connectivity index (χ0v) is 4.91. The van der Waals surface area contributed by atoms with Crippen LogP contribution in [0, 0.1) is 0 Å². The van der Waals surface area contributed by atoms with Gasteiger partial charge in [0.25, 0.3) is 0 Å². The number of hydrogen-bond acceptors (Lipinski definition) is 2. The van der Waals surface area contributed by atoms with Crippen LogP contribution >= 0.6 is 12.6 Å². The van der Waals surface area contributed by atoms with Crippen molar-refractivity contribution in [1.82, 2.24) is 0 Å². The Morgan fingerprint density at radius 2 is 2.33 bits per heavy atom. The fraction of sp³-hybridized carbons (Fsp3) is 1.00. The molecular formula is C4H11NS. The lowest BCUT2D eigenvalue weighted by Crippen LogP contribution is -2.19. The van der Waals surface area contributed by atoms with Gasteiger partial charge in [-0.15, -0.1) is 0 Å². The van der Waals surface area contributed by atoms with Crippen molar-refractivity contribution >= 4 is 12.6 Å². The van der Waals surface area contributed by atoms with Crippen LogP contribution < -0.4 is 5.73 Å². The Morgan fingerprint density at radius 1 is 1.83 bits per heavy atom. The maximum Gasteiger partial charge on any atom is 0.0125 e. The first-order valence-electron chi connectivity index (χ1n) is 2.17. The van der Waals surface area contributed by atoms with Crippen molar-refractivity contribution in [3.8, 4) is 0 Å². The monoisotopic (exact) mass is 105 g/mol. The summed E-state index contributed by atoms with van der Waals surface area (Å²) in [5.74, 6) is 0.802. The van der Waals surface area contributed by atoms with E-state index in [1.54, 1.807) is 0 Å². The van der Waals surface area contributed by atoms with Gasteiger partial charge in [0.2, 0.25) is 0 Å². The van der Waals surface area contributed by atoms with Crippen molar-refractivity contribution in [2.24, 2.45) is 5.73 Å². The number of rotatable bonds is 2. The van der Waals surface area contributed by atoms with E-state index < -0.39 is 0 Å². The Kier molecular flexibility index (Phi) is 3.68. The highest BCUT2D eigenvalue weighted by Crippen LogP contribution is 1.85. The molecule has 1 atom stereocenters. The van der Waals surface area contributed by atoms with E-state index in [0.717, 1.165) is 12.2 Å². The molecule has 2 heteroatoms. The molecule has 0 aliphatic heterocycles. The lowest BCUT2D eigenvalue weighted by atomic mass is 10.3. The summed E-state index contributed by atoms with van der Waals surface area (Å²) < 4.78 is 0. The van der Waals surface area contributed by atoms with E-state index in [9.17, 15) is 0 Å². The van der Waals surface area contributed by atoms with Crippen molar-refractivity contribution in [3.63, 3.8) is 0 Å². The van der Waals surface area contributed by atoms with Crippen molar-refractivity contribution in [2.45, 2.75) is 19.4 Å². The van der Waals surface area contributed by atoms with E-state index in [-0.39, 0.29) is 0 Å². The quantitative estimate of drug-likeness (QED) is 0.495. The second-order valence-electron chi connectivity index (χ2n) is 1.35. The molecule has 0 heterocycles. The largest absolute Gasteiger partial charge is 0.327 e. The van der Waals surface area contributed by atoms with Gasteiger partial charge in [-0.05, 0) is 6.42 Å². The summed E-state index contributed by atoms with van der Waals surface area (Å²) in [6.45, 7) is 2.06. The molecule has 0 fully saturated rings. The van der Waals surface area contributed by atoms with E-state index in [1.165, 1.54) is 0 Å². The van der Waals surface area contributed by atoms with Gasteiger partial charge in [0.05, 0.1) is 0 Å². The standard InChI is InChI=1S/C4H11NS/c1-2-4(5)3-6/h4,6H,2-3,5H2,1H3. The smallest absolute Gasteiger partial charge is 0.0125 e. The Morgan fingerprint density at radius 3 is 2.33 bits per heavy atom. The summed E-state index contributed by atoms with van der Waals surface area (Å²) in [6, 6.07) is 0.299. The van der Waals surface area contributed by atoms with Gasteiger partial charge in [-0.25, -0.2) is 0 Å². The molecule has 0 radical (unpaired) electrons. The normalized spacial score (nSPS) is 14.5. The van der Waals surface area contributed by atoms with Crippen LogP contribution in [0.2, 0.25) is 0 Å². The minimum atomic E-state index is 0.299. The molecule has 0 amide bonds. The van der Waals surface area contributed by atoms with E-state index in [2.05, 4.69) is 19.6 Å². The highest BCUT2D eigenvalue weighted by Gasteiger charge is 1.89. The molecular weight excluding hydrogens is 94.1 g/mol. The highest BCUT2D eigenvalue weighted by atomic mass is 32.1. The van der Waals surface area contributed by atoms with Crippen LogP contribution in [0.15, 0.2) is 0 Å². The second-order valence-corrected chi connectivity index (χ2v) is 1.72. The highest BCUT2D eigenvalue weighted by molar-refractivity contribution is 7.80. The van der Waals surface area contributed by atoms with Gasteiger partial charge in [0, 0.05) is 11.8 Å². The first-order chi connectivity index (χ1) is 2.81. The Balaban J connectivity index is 2.75. The van der Waals surface area contributed by atoms with Crippen molar-refractivity contribution in [3.05, 3.63) is 0 Å². The summed E-state index contributed by atoms with van der Waals surface area (Å²) in [5.41, 5.74) is 5.40. The summed E-state index contributed by atoms with van der Waals surface area (Å²) in [6.07, 6.45) is 1.03. The van der Waals surface area contributed by atoms with Crippen LogP contribution in [-0.4, -0.2) is 11.8 Å². The molecule has 38 valence electrons. The summed E-state index contributed by atoms with van der Waals surface area (Å²) in [4.78, 5) is 0. The Hall–Kier alpha value is 0.310. The molecule has 0 bridgehead atoms. The third kappa shape index (κ3) is 2.54. The topological polar surface area (TPSA) is 26.0 Å². The third-order valence-electron chi connectivity index (χ3n) is 0.759. The Bertz CT molecular complexity index is 26.7. The van der Waals surface area contributed by atoms with Crippen LogP contribution in [0.3, 0.4) is 0 Å². The number of nitrogens with two attached hydrogens (primary N) is 1. The van der Waals surface area contributed by atoms with Crippen LogP contribution in [-0.2, 0) is 0 Å². The van der Waals surface area contributed by atoms with Crippen molar-refractivity contribution < 1.29 is 0 Å². The van der Waals surface area contributed by atoms with E-state index >= 15 is 0 Å².